The fourth-order valence-corrected chi connectivity index (χ4v) is 1.43. The first-order valence-corrected chi connectivity index (χ1v) is 5.95. The van der Waals surface area contributed by atoms with Crippen molar-refractivity contribution in [1.82, 2.24) is 16.0 Å². The fraction of sp³-hybridized carbons (Fsp3) is 0.727. The third-order valence-electron chi connectivity index (χ3n) is 2.31. The van der Waals surface area contributed by atoms with E-state index in [1.54, 1.807) is 7.05 Å². The van der Waals surface area contributed by atoms with Gasteiger partial charge in [0.15, 0.2) is 0 Å². The van der Waals surface area contributed by atoms with Gasteiger partial charge in [0.25, 0.3) is 0 Å². The molecule has 0 aromatic carbocycles. The average Bonchev–Trinajstić information content (AvgIpc) is 2.26. The van der Waals surface area contributed by atoms with Crippen LogP contribution in [0.25, 0.3) is 0 Å². The number of rotatable bonds is 9. The summed E-state index contributed by atoms with van der Waals surface area (Å²) in [4.78, 5) is 33.0. The summed E-state index contributed by atoms with van der Waals surface area (Å²) in [6.07, 6.45) is 1.92. The molecule has 18 heavy (non-hydrogen) atoms. The Bertz CT molecular complexity index is 294. The second-order valence-corrected chi connectivity index (χ2v) is 4.03. The normalized spacial score (nSPS) is 11.7. The van der Waals surface area contributed by atoms with E-state index in [2.05, 4.69) is 16.0 Å². The van der Waals surface area contributed by atoms with Crippen LogP contribution in [0.4, 0.5) is 0 Å². The highest BCUT2D eigenvalue weighted by Crippen LogP contribution is 2.00. The number of hydrogen-bond acceptors (Lipinski definition) is 4. The van der Waals surface area contributed by atoms with Crippen molar-refractivity contribution >= 4 is 17.7 Å². The lowest BCUT2D eigenvalue weighted by Crippen LogP contribution is -2.46. The van der Waals surface area contributed by atoms with Crippen LogP contribution in [0.3, 0.4) is 0 Å². The number of nitrogens with one attached hydrogen (secondary N) is 3. The molecule has 0 radical (unpaired) electrons. The lowest BCUT2D eigenvalue weighted by atomic mass is 10.1. The molecule has 3 amide bonds. The predicted molar refractivity (Wildman–Crippen MR) is 67.6 cm³/mol. The Hall–Kier alpha value is -1.63. The molecule has 104 valence electrons. The zero-order chi connectivity index (χ0) is 14.0. The summed E-state index contributed by atoms with van der Waals surface area (Å²) in [6, 6.07) is -0.650. The summed E-state index contributed by atoms with van der Waals surface area (Å²) in [5.41, 5.74) is 5.20. The highest BCUT2D eigenvalue weighted by molar-refractivity contribution is 5.87. The minimum atomic E-state index is -0.650. The van der Waals surface area contributed by atoms with E-state index in [-0.39, 0.29) is 18.4 Å². The SMILES string of the molecule is CNCC(=O)N[C@@H](CCCCNC(C)=O)C(N)=O. The maximum atomic E-state index is 11.3. The Morgan fingerprint density at radius 1 is 1.22 bits per heavy atom. The van der Waals surface area contributed by atoms with Crippen LogP contribution >= 0.6 is 0 Å². The smallest absolute Gasteiger partial charge is 0.240 e. The number of carbonyl (C=O) groups is 3. The molecule has 0 saturated carbocycles. The van der Waals surface area contributed by atoms with Crippen LogP contribution in [0.15, 0.2) is 0 Å². The van der Waals surface area contributed by atoms with E-state index in [4.69, 9.17) is 5.73 Å². The van der Waals surface area contributed by atoms with Crippen molar-refractivity contribution in [2.45, 2.75) is 32.2 Å². The predicted octanol–water partition coefficient (Wildman–Crippen LogP) is -1.52. The van der Waals surface area contributed by atoms with Crippen molar-refractivity contribution in [2.24, 2.45) is 5.73 Å². The number of amides is 3. The summed E-state index contributed by atoms with van der Waals surface area (Å²) >= 11 is 0. The molecular formula is C11H22N4O3. The zero-order valence-corrected chi connectivity index (χ0v) is 10.9. The van der Waals surface area contributed by atoms with Crippen LogP contribution in [0.5, 0.6) is 0 Å². The number of carbonyl (C=O) groups excluding carboxylic acids is 3. The van der Waals surface area contributed by atoms with Gasteiger partial charge in [0.1, 0.15) is 6.04 Å². The first kappa shape index (κ1) is 16.4. The molecule has 7 nitrogen and oxygen atoms in total. The van der Waals surface area contributed by atoms with Crippen LogP contribution in [0, 0.1) is 0 Å². The van der Waals surface area contributed by atoms with Gasteiger partial charge in [0.05, 0.1) is 6.54 Å². The Morgan fingerprint density at radius 2 is 1.89 bits per heavy atom. The Balaban J connectivity index is 3.87. The van der Waals surface area contributed by atoms with Gasteiger partial charge in [-0.15, -0.1) is 0 Å². The Morgan fingerprint density at radius 3 is 2.39 bits per heavy atom. The molecule has 0 aliphatic carbocycles. The molecule has 0 saturated heterocycles. The molecule has 0 unspecified atom stereocenters. The molecular weight excluding hydrogens is 236 g/mol. The van der Waals surface area contributed by atoms with Gasteiger partial charge in [-0.05, 0) is 26.3 Å². The molecule has 0 aliphatic rings. The van der Waals surface area contributed by atoms with Gasteiger partial charge in [-0.3, -0.25) is 14.4 Å². The zero-order valence-electron chi connectivity index (χ0n) is 10.9. The van der Waals surface area contributed by atoms with Gasteiger partial charge in [-0.2, -0.15) is 0 Å². The topological polar surface area (TPSA) is 113 Å². The monoisotopic (exact) mass is 258 g/mol. The van der Waals surface area contributed by atoms with E-state index in [0.717, 1.165) is 6.42 Å². The highest BCUT2D eigenvalue weighted by atomic mass is 16.2. The summed E-state index contributed by atoms with van der Waals surface area (Å²) in [7, 11) is 1.65. The van der Waals surface area contributed by atoms with Crippen molar-refractivity contribution in [3.63, 3.8) is 0 Å². The van der Waals surface area contributed by atoms with E-state index >= 15 is 0 Å². The molecule has 1 atom stereocenters. The van der Waals surface area contributed by atoms with E-state index in [1.807, 2.05) is 0 Å². The molecule has 0 heterocycles. The third-order valence-corrected chi connectivity index (χ3v) is 2.31. The Labute approximate surface area is 107 Å². The molecule has 0 rings (SSSR count). The lowest BCUT2D eigenvalue weighted by molar-refractivity contribution is -0.127. The lowest BCUT2D eigenvalue weighted by Gasteiger charge is -2.15. The van der Waals surface area contributed by atoms with E-state index in [0.29, 0.717) is 19.4 Å². The van der Waals surface area contributed by atoms with Crippen LogP contribution in [-0.2, 0) is 14.4 Å². The number of primary amides is 1. The van der Waals surface area contributed by atoms with Gasteiger partial charge in [0.2, 0.25) is 17.7 Å². The van der Waals surface area contributed by atoms with Gasteiger partial charge in [0, 0.05) is 13.5 Å². The molecule has 0 spiro atoms. The average molecular weight is 258 g/mol. The molecule has 7 heteroatoms. The summed E-state index contributed by atoms with van der Waals surface area (Å²) in [5.74, 6) is -0.883. The number of likely N-dealkylation sites (N-methyl/N-ethyl adjacent to an activating group) is 1. The summed E-state index contributed by atoms with van der Waals surface area (Å²) < 4.78 is 0. The highest BCUT2D eigenvalue weighted by Gasteiger charge is 2.16. The van der Waals surface area contributed by atoms with Gasteiger partial charge in [-0.25, -0.2) is 0 Å². The van der Waals surface area contributed by atoms with Gasteiger partial charge in [-0.1, -0.05) is 0 Å². The van der Waals surface area contributed by atoms with Crippen LogP contribution in [0.1, 0.15) is 26.2 Å². The largest absolute Gasteiger partial charge is 0.368 e. The number of hydrogen-bond donors (Lipinski definition) is 4. The first-order valence-electron chi connectivity index (χ1n) is 5.95. The quantitative estimate of drug-likeness (QED) is 0.376. The second-order valence-electron chi connectivity index (χ2n) is 4.03. The summed E-state index contributed by atoms with van der Waals surface area (Å²) in [5, 5.41) is 7.90. The molecule has 0 aliphatic heterocycles. The number of nitrogens with two attached hydrogens (primary N) is 1. The Kier molecular flexibility index (Phi) is 8.55. The van der Waals surface area contributed by atoms with Crippen LogP contribution in [0.2, 0.25) is 0 Å². The molecule has 0 aromatic heterocycles. The molecule has 5 N–H and O–H groups in total. The van der Waals surface area contributed by atoms with E-state index in [1.165, 1.54) is 6.92 Å². The van der Waals surface area contributed by atoms with Gasteiger partial charge < -0.3 is 21.7 Å². The van der Waals surface area contributed by atoms with Crippen molar-refractivity contribution in [3.05, 3.63) is 0 Å². The third kappa shape index (κ3) is 8.51. The van der Waals surface area contributed by atoms with Crippen molar-refractivity contribution in [1.29, 1.82) is 0 Å². The van der Waals surface area contributed by atoms with Crippen LogP contribution < -0.4 is 21.7 Å². The van der Waals surface area contributed by atoms with Crippen molar-refractivity contribution < 1.29 is 14.4 Å². The molecule has 0 bridgehead atoms. The summed E-state index contributed by atoms with van der Waals surface area (Å²) in [6.45, 7) is 2.16. The van der Waals surface area contributed by atoms with Crippen molar-refractivity contribution in [3.8, 4) is 0 Å². The fourth-order valence-electron chi connectivity index (χ4n) is 1.43. The van der Waals surface area contributed by atoms with E-state index in [9.17, 15) is 14.4 Å². The van der Waals surface area contributed by atoms with Crippen molar-refractivity contribution in [2.75, 3.05) is 20.1 Å². The van der Waals surface area contributed by atoms with Gasteiger partial charge >= 0.3 is 0 Å². The molecule has 0 aromatic rings. The maximum Gasteiger partial charge on any atom is 0.240 e. The van der Waals surface area contributed by atoms with Crippen LogP contribution in [-0.4, -0.2) is 43.9 Å². The first-order chi connectivity index (χ1) is 8.47. The second kappa shape index (κ2) is 9.41. The maximum absolute atomic E-state index is 11.3. The minimum absolute atomic E-state index is 0.0798. The minimum Gasteiger partial charge on any atom is -0.368 e. The standard InChI is InChI=1S/C11H22N4O3/c1-8(16)14-6-4-3-5-9(11(12)18)15-10(17)7-13-2/h9,13H,3-7H2,1-2H3,(H2,12,18)(H,14,16)(H,15,17)/t9-/m0/s1. The molecule has 0 fully saturated rings. The van der Waals surface area contributed by atoms with E-state index < -0.39 is 11.9 Å². The number of unbranched alkanes of at least 4 members (excludes halogenated alkanes) is 1.